The van der Waals surface area contributed by atoms with E-state index < -0.39 is 12.3 Å². The fourth-order valence-corrected chi connectivity index (χ4v) is 2.63. The van der Waals surface area contributed by atoms with Crippen LogP contribution in [-0.2, 0) is 0 Å². The van der Waals surface area contributed by atoms with Gasteiger partial charge in [-0.2, -0.15) is 15.2 Å². The van der Waals surface area contributed by atoms with Crippen molar-refractivity contribution in [3.63, 3.8) is 0 Å². The predicted octanol–water partition coefficient (Wildman–Crippen LogP) is 2.41. The number of aliphatic hydroxyl groups excluding tert-OH is 1. The Morgan fingerprint density at radius 2 is 1.96 bits per heavy atom. The van der Waals surface area contributed by atoms with Gasteiger partial charge >= 0.3 is 0 Å². The summed E-state index contributed by atoms with van der Waals surface area (Å²) in [5.74, 6) is 0.214. The Morgan fingerprint density at radius 1 is 1.12 bits per heavy atom. The molecule has 0 fully saturated rings. The summed E-state index contributed by atoms with van der Waals surface area (Å²) in [4.78, 5) is 8.28. The van der Waals surface area contributed by atoms with Crippen LogP contribution in [0.4, 0.5) is 5.69 Å². The van der Waals surface area contributed by atoms with E-state index in [1.54, 1.807) is 18.2 Å². The van der Waals surface area contributed by atoms with Gasteiger partial charge in [0.25, 0.3) is 5.89 Å². The first-order valence-electron chi connectivity index (χ1n) is 7.46. The molecule has 26 heavy (non-hydrogen) atoms. The van der Waals surface area contributed by atoms with E-state index in [0.29, 0.717) is 22.4 Å². The van der Waals surface area contributed by atoms with Crippen molar-refractivity contribution < 1.29 is 30.0 Å². The standard InChI is InChI=1S/C16H12N4O6/c21-12-6-8(26-24)2-4-10(12)14-17-15(25-20-14)7-1-3-9-11(5-7)18-19-13(9)16(22)23/h1-6,13,16,21-24H. The van der Waals surface area contributed by atoms with Crippen LogP contribution in [0.5, 0.6) is 11.5 Å². The summed E-state index contributed by atoms with van der Waals surface area (Å²) in [7, 11) is 0. The van der Waals surface area contributed by atoms with E-state index in [4.69, 9.17) is 9.78 Å². The van der Waals surface area contributed by atoms with Crippen molar-refractivity contribution in [3.05, 3.63) is 42.0 Å². The Hall–Kier alpha value is -3.34. The summed E-state index contributed by atoms with van der Waals surface area (Å²) in [6.07, 6.45) is -1.63. The lowest BCUT2D eigenvalue weighted by molar-refractivity contribution is -0.137. The van der Waals surface area contributed by atoms with Gasteiger partial charge in [0.05, 0.1) is 11.3 Å². The Morgan fingerprint density at radius 3 is 2.69 bits per heavy atom. The fourth-order valence-electron chi connectivity index (χ4n) is 2.63. The molecule has 0 saturated carbocycles. The maximum atomic E-state index is 9.98. The Balaban J connectivity index is 1.66. The number of benzene rings is 2. The van der Waals surface area contributed by atoms with Crippen LogP contribution < -0.4 is 4.89 Å². The first-order chi connectivity index (χ1) is 12.6. The number of aromatic hydroxyl groups is 1. The van der Waals surface area contributed by atoms with Crippen molar-refractivity contribution >= 4 is 5.69 Å². The monoisotopic (exact) mass is 356 g/mol. The minimum atomic E-state index is -1.63. The highest BCUT2D eigenvalue weighted by atomic mass is 17.1. The number of nitrogens with zero attached hydrogens (tertiary/aromatic N) is 4. The zero-order valence-electron chi connectivity index (χ0n) is 13.0. The molecule has 0 spiro atoms. The van der Waals surface area contributed by atoms with Gasteiger partial charge in [0.2, 0.25) is 5.82 Å². The summed E-state index contributed by atoms with van der Waals surface area (Å²) in [5.41, 5.74) is 1.92. The smallest absolute Gasteiger partial charge is 0.258 e. The summed E-state index contributed by atoms with van der Waals surface area (Å²) in [6.45, 7) is 0. The second-order valence-corrected chi connectivity index (χ2v) is 5.54. The van der Waals surface area contributed by atoms with Crippen LogP contribution in [0, 0.1) is 0 Å². The largest absolute Gasteiger partial charge is 0.507 e. The first-order valence-corrected chi connectivity index (χ1v) is 7.46. The minimum Gasteiger partial charge on any atom is -0.507 e. The SMILES string of the molecule is OOc1ccc(-c2noc(-c3ccc4c(c3)N=NC4C(O)O)n2)c(O)c1. The average Bonchev–Trinajstić information content (AvgIpc) is 3.28. The zero-order valence-corrected chi connectivity index (χ0v) is 13.0. The van der Waals surface area contributed by atoms with Crippen molar-refractivity contribution in [1.82, 2.24) is 10.1 Å². The van der Waals surface area contributed by atoms with E-state index in [0.717, 1.165) is 0 Å². The third-order valence-electron chi connectivity index (χ3n) is 3.91. The molecule has 0 amide bonds. The predicted molar refractivity (Wildman–Crippen MR) is 85.6 cm³/mol. The molecule has 0 saturated heterocycles. The van der Waals surface area contributed by atoms with Crippen LogP contribution in [-0.4, -0.2) is 37.0 Å². The number of phenols is 1. The molecule has 0 bridgehead atoms. The van der Waals surface area contributed by atoms with Gasteiger partial charge in [0.15, 0.2) is 12.0 Å². The molecule has 132 valence electrons. The van der Waals surface area contributed by atoms with Crippen molar-refractivity contribution in [2.45, 2.75) is 12.3 Å². The number of hydrogen-bond acceptors (Lipinski definition) is 10. The highest BCUT2D eigenvalue weighted by Gasteiger charge is 2.27. The van der Waals surface area contributed by atoms with Gasteiger partial charge in [0.1, 0.15) is 11.8 Å². The lowest BCUT2D eigenvalue weighted by atomic mass is 10.0. The van der Waals surface area contributed by atoms with E-state index in [9.17, 15) is 15.3 Å². The molecule has 0 radical (unpaired) electrons. The Bertz CT molecular complexity index is 1000. The van der Waals surface area contributed by atoms with E-state index in [2.05, 4.69) is 25.3 Å². The van der Waals surface area contributed by atoms with Crippen LogP contribution in [0.2, 0.25) is 0 Å². The van der Waals surface area contributed by atoms with Crippen LogP contribution in [0.15, 0.2) is 51.1 Å². The Labute approximate surface area is 145 Å². The number of azo groups is 1. The normalized spacial score (nSPS) is 15.5. The minimum absolute atomic E-state index is 0.0691. The number of aliphatic hydroxyl groups is 2. The fraction of sp³-hybridized carbons (Fsp3) is 0.125. The number of fused-ring (bicyclic) bond motifs is 1. The molecular formula is C16H12N4O6. The zero-order chi connectivity index (χ0) is 18.3. The lowest BCUT2D eigenvalue weighted by Crippen LogP contribution is -2.13. The molecular weight excluding hydrogens is 344 g/mol. The van der Waals surface area contributed by atoms with Crippen molar-refractivity contribution in [3.8, 4) is 34.3 Å². The van der Waals surface area contributed by atoms with Crippen LogP contribution in [0.25, 0.3) is 22.8 Å². The summed E-state index contributed by atoms with van der Waals surface area (Å²) in [5, 5.41) is 48.7. The molecule has 2 aromatic carbocycles. The third-order valence-corrected chi connectivity index (χ3v) is 3.91. The molecule has 4 rings (SSSR count). The van der Waals surface area contributed by atoms with E-state index in [-0.39, 0.29) is 23.2 Å². The first kappa shape index (κ1) is 16.1. The highest BCUT2D eigenvalue weighted by molar-refractivity contribution is 5.68. The molecule has 4 N–H and O–H groups in total. The van der Waals surface area contributed by atoms with Gasteiger partial charge in [-0.15, -0.1) is 0 Å². The summed E-state index contributed by atoms with van der Waals surface area (Å²) in [6, 6.07) is 8.26. The van der Waals surface area contributed by atoms with Gasteiger partial charge < -0.3 is 24.7 Å². The quantitative estimate of drug-likeness (QED) is 0.316. The summed E-state index contributed by atoms with van der Waals surface area (Å²) >= 11 is 0. The van der Waals surface area contributed by atoms with Crippen molar-refractivity contribution in [2.75, 3.05) is 0 Å². The van der Waals surface area contributed by atoms with Gasteiger partial charge in [-0.05, 0) is 24.3 Å². The van der Waals surface area contributed by atoms with Gasteiger partial charge in [-0.1, -0.05) is 11.2 Å². The van der Waals surface area contributed by atoms with E-state index >= 15 is 0 Å². The van der Waals surface area contributed by atoms with Gasteiger partial charge in [0, 0.05) is 17.2 Å². The molecule has 2 heterocycles. The van der Waals surface area contributed by atoms with E-state index in [1.165, 1.54) is 18.2 Å². The third kappa shape index (κ3) is 2.67. The Kier molecular flexibility index (Phi) is 3.84. The highest BCUT2D eigenvalue weighted by Crippen LogP contribution is 2.39. The topological polar surface area (TPSA) is 154 Å². The van der Waals surface area contributed by atoms with Crippen LogP contribution in [0.3, 0.4) is 0 Å². The molecule has 10 heteroatoms. The van der Waals surface area contributed by atoms with Gasteiger partial charge in [-0.3, -0.25) is 0 Å². The molecule has 1 aliphatic rings. The molecule has 1 atom stereocenters. The van der Waals surface area contributed by atoms with Crippen molar-refractivity contribution in [2.24, 2.45) is 10.2 Å². The van der Waals surface area contributed by atoms with Crippen LogP contribution in [0.1, 0.15) is 11.6 Å². The average molecular weight is 356 g/mol. The molecule has 10 nitrogen and oxygen atoms in total. The number of phenolic OH excluding ortho intramolecular Hbond substituents is 1. The number of hydrogen-bond donors (Lipinski definition) is 4. The second-order valence-electron chi connectivity index (χ2n) is 5.54. The molecule has 0 aliphatic carbocycles. The number of rotatable bonds is 4. The molecule has 1 aromatic heterocycles. The summed E-state index contributed by atoms with van der Waals surface area (Å²) < 4.78 is 5.23. The second kappa shape index (κ2) is 6.19. The molecule has 1 unspecified atom stereocenters. The molecule has 3 aromatic rings. The van der Waals surface area contributed by atoms with E-state index in [1.807, 2.05) is 0 Å². The van der Waals surface area contributed by atoms with Gasteiger partial charge in [-0.25, -0.2) is 5.26 Å². The van der Waals surface area contributed by atoms with Crippen molar-refractivity contribution in [1.29, 1.82) is 0 Å². The lowest BCUT2D eigenvalue weighted by Gasteiger charge is -2.09. The number of aromatic nitrogens is 2. The van der Waals surface area contributed by atoms with Crippen LogP contribution >= 0.6 is 0 Å². The maximum absolute atomic E-state index is 9.98. The molecule has 1 aliphatic heterocycles. The maximum Gasteiger partial charge on any atom is 0.258 e.